The van der Waals surface area contributed by atoms with Crippen LogP contribution in [0.25, 0.3) is 0 Å². The van der Waals surface area contributed by atoms with Crippen molar-refractivity contribution in [3.63, 3.8) is 0 Å². The Bertz CT molecular complexity index is 662. The lowest BCUT2D eigenvalue weighted by atomic mass is 9.85. The van der Waals surface area contributed by atoms with Gasteiger partial charge in [0.1, 0.15) is 5.75 Å². The highest BCUT2D eigenvalue weighted by atomic mass is 35.5. The lowest BCUT2D eigenvalue weighted by Gasteiger charge is -2.18. The molecule has 20 heavy (non-hydrogen) atoms. The van der Waals surface area contributed by atoms with E-state index in [1.54, 1.807) is 11.3 Å². The number of aryl methyl sites for hydroxylation is 1. The standard InChI is InChI=1S/C16H18ClNOS/c1-9-7-20-15(13(9)17)14(18)10-4-5-12-11(6-10)16(2,3)8-19-12/h4-7,14H,8,18H2,1-3H3. The molecule has 1 aromatic heterocycles. The highest BCUT2D eigenvalue weighted by Crippen LogP contribution is 2.41. The van der Waals surface area contributed by atoms with Crippen molar-refractivity contribution in [2.75, 3.05) is 6.61 Å². The Morgan fingerprint density at radius 2 is 2.15 bits per heavy atom. The van der Waals surface area contributed by atoms with E-state index < -0.39 is 0 Å². The summed E-state index contributed by atoms with van der Waals surface area (Å²) in [6, 6.07) is 6.05. The molecule has 4 heteroatoms. The number of fused-ring (bicyclic) bond motifs is 1. The fourth-order valence-corrected chi connectivity index (χ4v) is 3.88. The number of thiophene rings is 1. The van der Waals surface area contributed by atoms with Crippen LogP contribution >= 0.6 is 22.9 Å². The maximum Gasteiger partial charge on any atom is 0.123 e. The molecule has 2 N–H and O–H groups in total. The second kappa shape index (κ2) is 4.76. The third-order valence-electron chi connectivity index (χ3n) is 3.89. The Hall–Kier alpha value is -1.03. The summed E-state index contributed by atoms with van der Waals surface area (Å²) in [7, 11) is 0. The van der Waals surface area contributed by atoms with Crippen molar-refractivity contribution >= 4 is 22.9 Å². The molecule has 1 atom stereocenters. The predicted molar refractivity (Wildman–Crippen MR) is 85.1 cm³/mol. The van der Waals surface area contributed by atoms with Gasteiger partial charge in [-0.25, -0.2) is 0 Å². The number of benzene rings is 1. The van der Waals surface area contributed by atoms with E-state index >= 15 is 0 Å². The van der Waals surface area contributed by atoms with Gasteiger partial charge in [-0.3, -0.25) is 0 Å². The molecule has 0 saturated carbocycles. The van der Waals surface area contributed by atoms with Crippen LogP contribution in [0, 0.1) is 6.92 Å². The van der Waals surface area contributed by atoms with Crippen molar-refractivity contribution < 1.29 is 4.74 Å². The highest BCUT2D eigenvalue weighted by Gasteiger charge is 2.32. The molecule has 2 heterocycles. The van der Waals surface area contributed by atoms with Crippen molar-refractivity contribution in [1.29, 1.82) is 0 Å². The van der Waals surface area contributed by atoms with Gasteiger partial charge in [-0.05, 0) is 35.6 Å². The number of ether oxygens (including phenoxy) is 1. The molecule has 1 aromatic carbocycles. The van der Waals surface area contributed by atoms with Crippen LogP contribution in [-0.4, -0.2) is 6.61 Å². The van der Waals surface area contributed by atoms with Crippen molar-refractivity contribution in [3.8, 4) is 5.75 Å². The molecule has 0 bridgehead atoms. The van der Waals surface area contributed by atoms with E-state index in [0.717, 1.165) is 33.4 Å². The van der Waals surface area contributed by atoms with Crippen molar-refractivity contribution in [1.82, 2.24) is 0 Å². The molecular formula is C16H18ClNOS. The Morgan fingerprint density at radius 1 is 1.40 bits per heavy atom. The average Bonchev–Trinajstić information content (AvgIpc) is 2.91. The first-order valence-corrected chi connectivity index (χ1v) is 7.92. The molecule has 1 unspecified atom stereocenters. The second-order valence-electron chi connectivity index (χ2n) is 6.00. The Morgan fingerprint density at radius 3 is 2.80 bits per heavy atom. The Kier molecular flexibility index (Phi) is 3.32. The number of hydrogen-bond donors (Lipinski definition) is 1. The van der Waals surface area contributed by atoms with E-state index in [4.69, 9.17) is 22.1 Å². The topological polar surface area (TPSA) is 35.2 Å². The first kappa shape index (κ1) is 13.9. The van der Waals surface area contributed by atoms with Crippen LogP contribution in [0.15, 0.2) is 23.6 Å². The normalized spacial score (nSPS) is 17.6. The number of hydrogen-bond acceptors (Lipinski definition) is 3. The van der Waals surface area contributed by atoms with Crippen LogP contribution in [0.2, 0.25) is 5.02 Å². The Balaban J connectivity index is 2.02. The zero-order chi connectivity index (χ0) is 14.5. The summed E-state index contributed by atoms with van der Waals surface area (Å²) in [6.07, 6.45) is 0. The lowest BCUT2D eigenvalue weighted by molar-refractivity contribution is 0.291. The number of nitrogens with two attached hydrogens (primary N) is 1. The van der Waals surface area contributed by atoms with Gasteiger partial charge in [0.2, 0.25) is 0 Å². The number of rotatable bonds is 2. The second-order valence-corrected chi connectivity index (χ2v) is 7.29. The molecule has 0 spiro atoms. The zero-order valence-corrected chi connectivity index (χ0v) is 13.4. The van der Waals surface area contributed by atoms with Gasteiger partial charge >= 0.3 is 0 Å². The van der Waals surface area contributed by atoms with Crippen molar-refractivity contribution in [2.24, 2.45) is 5.73 Å². The Labute approximate surface area is 128 Å². The molecule has 0 amide bonds. The summed E-state index contributed by atoms with van der Waals surface area (Å²) >= 11 is 7.96. The third-order valence-corrected chi connectivity index (χ3v) is 5.69. The van der Waals surface area contributed by atoms with Gasteiger partial charge in [-0.15, -0.1) is 11.3 Å². The average molecular weight is 308 g/mol. The van der Waals surface area contributed by atoms with E-state index in [1.165, 1.54) is 5.56 Å². The van der Waals surface area contributed by atoms with Gasteiger partial charge in [0.05, 0.1) is 17.7 Å². The van der Waals surface area contributed by atoms with Crippen molar-refractivity contribution in [2.45, 2.75) is 32.2 Å². The maximum atomic E-state index is 6.40. The molecule has 0 saturated heterocycles. The predicted octanol–water partition coefficient (Wildman–Crippen LogP) is 4.43. The minimum atomic E-state index is -0.178. The molecule has 1 aliphatic heterocycles. The van der Waals surface area contributed by atoms with Gasteiger partial charge in [-0.2, -0.15) is 0 Å². The molecule has 106 valence electrons. The zero-order valence-electron chi connectivity index (χ0n) is 11.9. The fourth-order valence-electron chi connectivity index (χ4n) is 2.54. The van der Waals surface area contributed by atoms with E-state index in [9.17, 15) is 0 Å². The van der Waals surface area contributed by atoms with Crippen molar-refractivity contribution in [3.05, 3.63) is 50.2 Å². The number of halogens is 1. The van der Waals surface area contributed by atoms with Crippen LogP contribution in [0.4, 0.5) is 0 Å². The van der Waals surface area contributed by atoms with E-state index in [-0.39, 0.29) is 11.5 Å². The molecule has 0 aliphatic carbocycles. The fraction of sp³-hybridized carbons (Fsp3) is 0.375. The molecule has 2 aromatic rings. The monoisotopic (exact) mass is 307 g/mol. The van der Waals surface area contributed by atoms with Gasteiger partial charge in [0.25, 0.3) is 0 Å². The van der Waals surface area contributed by atoms with Crippen LogP contribution in [0.1, 0.15) is 41.5 Å². The quantitative estimate of drug-likeness (QED) is 0.891. The largest absolute Gasteiger partial charge is 0.492 e. The van der Waals surface area contributed by atoms with Gasteiger partial charge < -0.3 is 10.5 Å². The van der Waals surface area contributed by atoms with E-state index in [0.29, 0.717) is 0 Å². The van der Waals surface area contributed by atoms with Crippen LogP contribution in [0.5, 0.6) is 5.75 Å². The van der Waals surface area contributed by atoms with Crippen LogP contribution in [-0.2, 0) is 5.41 Å². The summed E-state index contributed by atoms with van der Waals surface area (Å²) in [5.74, 6) is 0.972. The summed E-state index contributed by atoms with van der Waals surface area (Å²) in [6.45, 7) is 7.11. The van der Waals surface area contributed by atoms with E-state index in [1.807, 2.05) is 19.1 Å². The summed E-state index contributed by atoms with van der Waals surface area (Å²) in [5.41, 5.74) is 9.85. The minimum Gasteiger partial charge on any atom is -0.492 e. The first-order valence-electron chi connectivity index (χ1n) is 6.66. The third kappa shape index (κ3) is 2.14. The summed E-state index contributed by atoms with van der Waals surface area (Å²) in [5, 5.41) is 2.84. The molecular weight excluding hydrogens is 290 g/mol. The van der Waals surface area contributed by atoms with E-state index in [2.05, 4.69) is 25.3 Å². The SMILES string of the molecule is Cc1csc(C(N)c2ccc3c(c2)C(C)(C)CO3)c1Cl. The van der Waals surface area contributed by atoms with Crippen LogP contribution in [0.3, 0.4) is 0 Å². The minimum absolute atomic E-state index is 0.0419. The summed E-state index contributed by atoms with van der Waals surface area (Å²) < 4.78 is 5.72. The van der Waals surface area contributed by atoms with Gasteiger partial charge in [0, 0.05) is 15.9 Å². The highest BCUT2D eigenvalue weighted by molar-refractivity contribution is 7.10. The molecule has 3 rings (SSSR count). The first-order chi connectivity index (χ1) is 9.40. The summed E-state index contributed by atoms with van der Waals surface area (Å²) in [4.78, 5) is 1.03. The molecule has 0 fully saturated rings. The smallest absolute Gasteiger partial charge is 0.123 e. The lowest BCUT2D eigenvalue weighted by Crippen LogP contribution is -2.19. The van der Waals surface area contributed by atoms with Crippen LogP contribution < -0.4 is 10.5 Å². The van der Waals surface area contributed by atoms with Gasteiger partial charge in [-0.1, -0.05) is 31.5 Å². The van der Waals surface area contributed by atoms with Gasteiger partial charge in [0.15, 0.2) is 0 Å². The maximum absolute atomic E-state index is 6.40. The molecule has 1 aliphatic rings. The molecule has 0 radical (unpaired) electrons. The molecule has 2 nitrogen and oxygen atoms in total.